The van der Waals surface area contributed by atoms with Crippen LogP contribution in [-0.2, 0) is 6.42 Å². The Morgan fingerprint density at radius 1 is 1.19 bits per heavy atom. The molecule has 4 nitrogen and oxygen atoms in total. The number of carbonyl (C=O) groups is 1. The zero-order valence-electron chi connectivity index (χ0n) is 15.1. The summed E-state index contributed by atoms with van der Waals surface area (Å²) in [5.41, 5.74) is 1.14. The molecular formula is C21H21FN2O2S. The van der Waals surface area contributed by atoms with Crippen molar-refractivity contribution in [3.05, 3.63) is 76.5 Å². The maximum atomic E-state index is 13.7. The van der Waals surface area contributed by atoms with Crippen LogP contribution in [0.1, 0.15) is 40.6 Å². The van der Waals surface area contributed by atoms with Crippen molar-refractivity contribution in [2.75, 3.05) is 11.9 Å². The van der Waals surface area contributed by atoms with Crippen molar-refractivity contribution in [3.8, 4) is 5.75 Å². The number of nitrogens with zero attached hydrogens (tertiary/aromatic N) is 1. The SMILES string of the molecule is CCCCOc1ccc(C(=O)Nc2ncc(Cc3ccccc3F)s2)cc1. The number of anilines is 1. The lowest BCUT2D eigenvalue weighted by atomic mass is 10.1. The molecule has 3 rings (SSSR count). The number of amides is 1. The highest BCUT2D eigenvalue weighted by molar-refractivity contribution is 7.15. The molecule has 0 saturated heterocycles. The summed E-state index contributed by atoms with van der Waals surface area (Å²) in [6.45, 7) is 2.78. The van der Waals surface area contributed by atoms with E-state index in [0.717, 1.165) is 23.5 Å². The lowest BCUT2D eigenvalue weighted by Gasteiger charge is -2.06. The van der Waals surface area contributed by atoms with E-state index in [9.17, 15) is 9.18 Å². The van der Waals surface area contributed by atoms with Crippen molar-refractivity contribution in [2.24, 2.45) is 0 Å². The van der Waals surface area contributed by atoms with Crippen molar-refractivity contribution in [1.82, 2.24) is 4.98 Å². The number of halogens is 1. The average Bonchev–Trinajstić information content (AvgIpc) is 3.11. The molecule has 0 aliphatic rings. The van der Waals surface area contributed by atoms with E-state index in [0.29, 0.717) is 29.3 Å². The summed E-state index contributed by atoms with van der Waals surface area (Å²) in [5.74, 6) is 0.279. The molecule has 140 valence electrons. The molecule has 1 N–H and O–H groups in total. The third-order valence-electron chi connectivity index (χ3n) is 3.98. The molecule has 2 aromatic carbocycles. The predicted octanol–water partition coefficient (Wildman–Crippen LogP) is 5.30. The van der Waals surface area contributed by atoms with E-state index in [4.69, 9.17) is 4.74 Å². The number of ether oxygens (including phenoxy) is 1. The molecule has 6 heteroatoms. The van der Waals surface area contributed by atoms with Crippen molar-refractivity contribution >= 4 is 22.4 Å². The van der Waals surface area contributed by atoms with Gasteiger partial charge < -0.3 is 4.74 Å². The van der Waals surface area contributed by atoms with Gasteiger partial charge in [0.2, 0.25) is 0 Å². The van der Waals surface area contributed by atoms with Crippen LogP contribution in [-0.4, -0.2) is 17.5 Å². The van der Waals surface area contributed by atoms with E-state index in [1.807, 2.05) is 0 Å². The smallest absolute Gasteiger partial charge is 0.257 e. The first kappa shape index (κ1) is 19.0. The second kappa shape index (κ2) is 9.28. The number of benzene rings is 2. The van der Waals surface area contributed by atoms with Crippen molar-refractivity contribution < 1.29 is 13.9 Å². The highest BCUT2D eigenvalue weighted by Gasteiger charge is 2.11. The van der Waals surface area contributed by atoms with E-state index < -0.39 is 0 Å². The van der Waals surface area contributed by atoms with E-state index in [2.05, 4.69) is 17.2 Å². The second-order valence-corrected chi connectivity index (χ2v) is 7.20. The Balaban J connectivity index is 1.58. The van der Waals surface area contributed by atoms with Crippen molar-refractivity contribution in [2.45, 2.75) is 26.2 Å². The summed E-state index contributed by atoms with van der Waals surface area (Å²) in [5, 5.41) is 3.28. The molecule has 0 spiro atoms. The number of aromatic nitrogens is 1. The fourth-order valence-electron chi connectivity index (χ4n) is 2.48. The molecule has 0 saturated carbocycles. The summed E-state index contributed by atoms with van der Waals surface area (Å²) >= 11 is 1.34. The summed E-state index contributed by atoms with van der Waals surface area (Å²) < 4.78 is 19.3. The van der Waals surface area contributed by atoms with Gasteiger partial charge in [-0.05, 0) is 42.3 Å². The summed E-state index contributed by atoms with van der Waals surface area (Å²) in [6.07, 6.45) is 4.19. The molecule has 0 fully saturated rings. The van der Waals surface area contributed by atoms with Crippen LogP contribution < -0.4 is 10.1 Å². The van der Waals surface area contributed by atoms with Crippen molar-refractivity contribution in [1.29, 1.82) is 0 Å². The summed E-state index contributed by atoms with van der Waals surface area (Å²) in [4.78, 5) is 17.5. The Bertz CT molecular complexity index is 893. The van der Waals surface area contributed by atoms with Gasteiger partial charge in [-0.3, -0.25) is 10.1 Å². The van der Waals surface area contributed by atoms with Gasteiger partial charge in [0.1, 0.15) is 11.6 Å². The van der Waals surface area contributed by atoms with Gasteiger partial charge in [-0.2, -0.15) is 0 Å². The highest BCUT2D eigenvalue weighted by Crippen LogP contribution is 2.23. The third kappa shape index (κ3) is 5.37. The minimum atomic E-state index is -0.238. The largest absolute Gasteiger partial charge is 0.494 e. The quantitative estimate of drug-likeness (QED) is 0.536. The minimum Gasteiger partial charge on any atom is -0.494 e. The zero-order chi connectivity index (χ0) is 19.1. The Morgan fingerprint density at radius 2 is 1.96 bits per heavy atom. The lowest BCUT2D eigenvalue weighted by molar-refractivity contribution is 0.102. The molecule has 1 heterocycles. The zero-order valence-corrected chi connectivity index (χ0v) is 15.9. The van der Waals surface area contributed by atoms with Gasteiger partial charge in [-0.25, -0.2) is 9.37 Å². The molecule has 1 aromatic heterocycles. The van der Waals surface area contributed by atoms with Gasteiger partial charge in [-0.1, -0.05) is 31.5 Å². The van der Waals surface area contributed by atoms with Crippen LogP contribution in [0.2, 0.25) is 0 Å². The molecule has 1 amide bonds. The number of nitrogens with one attached hydrogen (secondary N) is 1. The van der Waals surface area contributed by atoms with Gasteiger partial charge in [0, 0.05) is 23.1 Å². The van der Waals surface area contributed by atoms with Gasteiger partial charge in [0.15, 0.2) is 5.13 Å². The normalized spacial score (nSPS) is 10.6. The van der Waals surface area contributed by atoms with Gasteiger partial charge >= 0.3 is 0 Å². The van der Waals surface area contributed by atoms with Crippen LogP contribution in [0, 0.1) is 5.82 Å². The molecule has 0 radical (unpaired) electrons. The Kier molecular flexibility index (Phi) is 6.54. The molecule has 3 aromatic rings. The van der Waals surface area contributed by atoms with Crippen LogP contribution in [0.5, 0.6) is 5.75 Å². The van der Waals surface area contributed by atoms with E-state index in [-0.39, 0.29) is 11.7 Å². The number of hydrogen-bond donors (Lipinski definition) is 1. The topological polar surface area (TPSA) is 51.2 Å². The molecule has 0 unspecified atom stereocenters. The fourth-order valence-corrected chi connectivity index (χ4v) is 3.31. The molecular weight excluding hydrogens is 363 g/mol. The number of unbranched alkanes of at least 4 members (excludes halogenated alkanes) is 1. The van der Waals surface area contributed by atoms with Gasteiger partial charge in [0.05, 0.1) is 6.61 Å². The number of rotatable bonds is 8. The average molecular weight is 384 g/mol. The standard InChI is InChI=1S/C21H21FN2O2S/c1-2-3-12-26-17-10-8-15(9-11-17)20(25)24-21-23-14-18(27-21)13-16-6-4-5-7-19(16)22/h4-11,14H,2-3,12-13H2,1H3,(H,23,24,25). The first-order valence-corrected chi connectivity index (χ1v) is 9.69. The van der Waals surface area contributed by atoms with E-state index in [1.165, 1.54) is 17.4 Å². The molecule has 27 heavy (non-hydrogen) atoms. The number of hydrogen-bond acceptors (Lipinski definition) is 4. The second-order valence-electron chi connectivity index (χ2n) is 6.08. The monoisotopic (exact) mass is 384 g/mol. The first-order chi connectivity index (χ1) is 13.2. The summed E-state index contributed by atoms with van der Waals surface area (Å²) in [7, 11) is 0. The fraction of sp³-hybridized carbons (Fsp3) is 0.238. The Morgan fingerprint density at radius 3 is 2.70 bits per heavy atom. The van der Waals surface area contributed by atoms with Crippen molar-refractivity contribution in [3.63, 3.8) is 0 Å². The molecule has 0 atom stereocenters. The minimum absolute atomic E-state index is 0.234. The van der Waals surface area contributed by atoms with Gasteiger partial charge in [-0.15, -0.1) is 11.3 Å². The van der Waals surface area contributed by atoms with Crippen LogP contribution in [0.25, 0.3) is 0 Å². The maximum absolute atomic E-state index is 13.7. The van der Waals surface area contributed by atoms with E-state index in [1.54, 1.807) is 48.7 Å². The van der Waals surface area contributed by atoms with E-state index >= 15 is 0 Å². The first-order valence-electron chi connectivity index (χ1n) is 8.88. The third-order valence-corrected chi connectivity index (χ3v) is 4.89. The molecule has 0 aliphatic heterocycles. The molecule has 0 aliphatic carbocycles. The van der Waals surface area contributed by atoms with Crippen LogP contribution in [0.3, 0.4) is 0 Å². The van der Waals surface area contributed by atoms with Crippen LogP contribution >= 0.6 is 11.3 Å². The van der Waals surface area contributed by atoms with Crippen LogP contribution in [0.4, 0.5) is 9.52 Å². The summed E-state index contributed by atoms with van der Waals surface area (Å²) in [6, 6.07) is 13.7. The maximum Gasteiger partial charge on any atom is 0.257 e. The highest BCUT2D eigenvalue weighted by atomic mass is 32.1. The lowest BCUT2D eigenvalue weighted by Crippen LogP contribution is -2.11. The van der Waals surface area contributed by atoms with Gasteiger partial charge in [0.25, 0.3) is 5.91 Å². The number of carbonyl (C=O) groups excluding carboxylic acids is 1. The predicted molar refractivity (Wildman–Crippen MR) is 106 cm³/mol. The van der Waals surface area contributed by atoms with Crippen LogP contribution in [0.15, 0.2) is 54.7 Å². The number of thiazole rings is 1. The molecule has 0 bridgehead atoms. The Labute approximate surface area is 162 Å². The Hall–Kier alpha value is -2.73.